The molecular weight excluding hydrogens is 382 g/mol. The molecule has 0 aliphatic carbocycles. The molecule has 1 fully saturated rings. The maximum absolute atomic E-state index is 12.5. The quantitative estimate of drug-likeness (QED) is 0.521. The van der Waals surface area contributed by atoms with Crippen LogP contribution in [-0.4, -0.2) is 47.6 Å². The van der Waals surface area contributed by atoms with Gasteiger partial charge in [0.1, 0.15) is 11.5 Å². The van der Waals surface area contributed by atoms with E-state index in [2.05, 4.69) is 10.5 Å². The predicted octanol–water partition coefficient (Wildman–Crippen LogP) is 2.04. The summed E-state index contributed by atoms with van der Waals surface area (Å²) in [5.41, 5.74) is 3.34. The van der Waals surface area contributed by atoms with Gasteiger partial charge in [-0.3, -0.25) is 4.79 Å². The second-order valence-electron chi connectivity index (χ2n) is 6.48. The fourth-order valence-corrected chi connectivity index (χ4v) is 4.46. The molecule has 8 nitrogen and oxygen atoms in total. The summed E-state index contributed by atoms with van der Waals surface area (Å²) in [4.78, 5) is 12.4. The normalized spacial score (nSPS) is 15.5. The first-order valence-electron chi connectivity index (χ1n) is 8.76. The highest BCUT2D eigenvalue weighted by Gasteiger charge is 2.27. The molecule has 0 aromatic heterocycles. The Hall–Kier alpha value is -2.91. The number of hydrogen-bond donors (Lipinski definition) is 3. The van der Waals surface area contributed by atoms with Crippen molar-refractivity contribution in [3.05, 3.63) is 53.6 Å². The molecule has 1 aliphatic rings. The fraction of sp³-hybridized carbons (Fsp3) is 0.263. The van der Waals surface area contributed by atoms with Crippen molar-refractivity contribution in [1.29, 1.82) is 0 Å². The van der Waals surface area contributed by atoms with Crippen LogP contribution in [-0.2, 0) is 10.0 Å². The third kappa shape index (κ3) is 4.15. The first kappa shape index (κ1) is 19.8. The van der Waals surface area contributed by atoms with Crippen LogP contribution in [0.5, 0.6) is 11.5 Å². The second kappa shape index (κ2) is 7.99. The lowest BCUT2D eigenvalue weighted by molar-refractivity contribution is 0.0954. The van der Waals surface area contributed by atoms with E-state index < -0.39 is 15.9 Å². The highest BCUT2D eigenvalue weighted by Crippen LogP contribution is 2.23. The van der Waals surface area contributed by atoms with E-state index in [9.17, 15) is 23.4 Å². The third-order valence-electron chi connectivity index (χ3n) is 4.52. The number of carbonyl (C=O) groups excluding carboxylic acids is 1. The van der Waals surface area contributed by atoms with Gasteiger partial charge in [-0.05, 0) is 56.2 Å². The minimum absolute atomic E-state index is 0.0814. The number of carbonyl (C=O) groups is 1. The molecule has 9 heteroatoms. The first-order chi connectivity index (χ1) is 13.3. The van der Waals surface area contributed by atoms with Gasteiger partial charge in [0.25, 0.3) is 5.91 Å². The molecule has 0 radical (unpaired) electrons. The van der Waals surface area contributed by atoms with Crippen molar-refractivity contribution >= 4 is 21.6 Å². The number of hydrogen-bond acceptors (Lipinski definition) is 6. The van der Waals surface area contributed by atoms with E-state index in [4.69, 9.17) is 0 Å². The van der Waals surface area contributed by atoms with Crippen molar-refractivity contribution in [3.63, 3.8) is 0 Å². The number of sulfonamides is 1. The van der Waals surface area contributed by atoms with Gasteiger partial charge in [0.05, 0.1) is 10.6 Å². The minimum Gasteiger partial charge on any atom is -0.508 e. The Labute approximate surface area is 163 Å². The smallest absolute Gasteiger partial charge is 0.271 e. The van der Waals surface area contributed by atoms with E-state index in [1.165, 1.54) is 46.8 Å². The van der Waals surface area contributed by atoms with Crippen LogP contribution in [0, 0.1) is 0 Å². The largest absolute Gasteiger partial charge is 0.508 e. The SMILES string of the molecule is C/C(=N\NC(=O)c1ccc(S(=O)(=O)N2CCCC2)cc1)c1ccc(O)cc1O. The number of rotatable bonds is 5. The molecule has 1 aliphatic heterocycles. The zero-order valence-corrected chi connectivity index (χ0v) is 16.1. The molecule has 0 saturated carbocycles. The Morgan fingerprint density at radius 2 is 1.71 bits per heavy atom. The summed E-state index contributed by atoms with van der Waals surface area (Å²) in [5.74, 6) is -0.753. The molecule has 28 heavy (non-hydrogen) atoms. The van der Waals surface area contributed by atoms with Crippen LogP contribution >= 0.6 is 0 Å². The maximum Gasteiger partial charge on any atom is 0.271 e. The summed E-state index contributed by atoms with van der Waals surface area (Å²) >= 11 is 0. The highest BCUT2D eigenvalue weighted by molar-refractivity contribution is 7.89. The fourth-order valence-electron chi connectivity index (χ4n) is 2.94. The molecular formula is C19H21N3O5S. The van der Waals surface area contributed by atoms with E-state index in [0.717, 1.165) is 12.8 Å². The number of aromatic hydroxyl groups is 2. The molecule has 0 spiro atoms. The molecule has 1 amide bonds. The van der Waals surface area contributed by atoms with Gasteiger partial charge in [0.15, 0.2) is 0 Å². The number of amides is 1. The lowest BCUT2D eigenvalue weighted by Gasteiger charge is -2.15. The Kier molecular flexibility index (Phi) is 5.66. The van der Waals surface area contributed by atoms with Gasteiger partial charge in [-0.1, -0.05) is 0 Å². The van der Waals surface area contributed by atoms with E-state index in [-0.39, 0.29) is 22.0 Å². The molecule has 2 aromatic rings. The molecule has 1 heterocycles. The molecule has 3 rings (SSSR count). The van der Waals surface area contributed by atoms with Crippen LogP contribution in [0.3, 0.4) is 0 Å². The lowest BCUT2D eigenvalue weighted by atomic mass is 10.1. The van der Waals surface area contributed by atoms with Gasteiger partial charge in [-0.25, -0.2) is 13.8 Å². The average Bonchev–Trinajstić information content (AvgIpc) is 3.21. The van der Waals surface area contributed by atoms with Gasteiger partial charge in [0, 0.05) is 30.3 Å². The summed E-state index contributed by atoms with van der Waals surface area (Å²) in [5, 5.41) is 23.1. The van der Waals surface area contributed by atoms with Crippen LogP contribution in [0.15, 0.2) is 52.5 Å². The van der Waals surface area contributed by atoms with Crippen molar-refractivity contribution in [2.24, 2.45) is 5.10 Å². The summed E-state index contributed by atoms with van der Waals surface area (Å²) in [6.07, 6.45) is 1.71. The maximum atomic E-state index is 12.5. The van der Waals surface area contributed by atoms with E-state index in [0.29, 0.717) is 24.4 Å². The number of phenolic OH excluding ortho intramolecular Hbond substituents is 2. The van der Waals surface area contributed by atoms with E-state index in [1.54, 1.807) is 6.92 Å². The van der Waals surface area contributed by atoms with Gasteiger partial charge in [-0.2, -0.15) is 9.41 Å². The third-order valence-corrected chi connectivity index (χ3v) is 6.43. The van der Waals surface area contributed by atoms with Gasteiger partial charge in [0.2, 0.25) is 10.0 Å². The minimum atomic E-state index is -3.53. The molecule has 1 saturated heterocycles. The summed E-state index contributed by atoms with van der Waals surface area (Å²) in [6, 6.07) is 9.73. The van der Waals surface area contributed by atoms with Crippen LogP contribution in [0.1, 0.15) is 35.7 Å². The topological polar surface area (TPSA) is 119 Å². The first-order valence-corrected chi connectivity index (χ1v) is 10.2. The number of benzene rings is 2. The molecule has 0 atom stereocenters. The van der Waals surface area contributed by atoms with Crippen molar-refractivity contribution in [1.82, 2.24) is 9.73 Å². The monoisotopic (exact) mass is 403 g/mol. The average molecular weight is 403 g/mol. The lowest BCUT2D eigenvalue weighted by Crippen LogP contribution is -2.28. The molecule has 0 bridgehead atoms. The van der Waals surface area contributed by atoms with E-state index >= 15 is 0 Å². The Morgan fingerprint density at radius 1 is 1.07 bits per heavy atom. The highest BCUT2D eigenvalue weighted by atomic mass is 32.2. The summed E-state index contributed by atoms with van der Waals surface area (Å²) in [7, 11) is -3.53. The van der Waals surface area contributed by atoms with Crippen molar-refractivity contribution < 1.29 is 23.4 Å². The van der Waals surface area contributed by atoms with Crippen LogP contribution in [0.25, 0.3) is 0 Å². The second-order valence-corrected chi connectivity index (χ2v) is 8.41. The number of hydrazone groups is 1. The molecule has 148 valence electrons. The van der Waals surface area contributed by atoms with Crippen LogP contribution in [0.4, 0.5) is 0 Å². The number of phenols is 2. The summed E-state index contributed by atoms with van der Waals surface area (Å²) in [6.45, 7) is 2.63. The zero-order valence-electron chi connectivity index (χ0n) is 15.3. The summed E-state index contributed by atoms with van der Waals surface area (Å²) < 4.78 is 26.5. The molecule has 0 unspecified atom stereocenters. The van der Waals surface area contributed by atoms with Crippen LogP contribution < -0.4 is 5.43 Å². The zero-order chi connectivity index (χ0) is 20.3. The van der Waals surface area contributed by atoms with Gasteiger partial charge in [-0.15, -0.1) is 0 Å². The van der Waals surface area contributed by atoms with E-state index in [1.807, 2.05) is 0 Å². The number of nitrogens with one attached hydrogen (secondary N) is 1. The Bertz CT molecular complexity index is 1010. The number of nitrogens with zero attached hydrogens (tertiary/aromatic N) is 2. The van der Waals surface area contributed by atoms with Crippen molar-refractivity contribution in [2.45, 2.75) is 24.7 Å². The van der Waals surface area contributed by atoms with Crippen LogP contribution in [0.2, 0.25) is 0 Å². The molecule has 3 N–H and O–H groups in total. The van der Waals surface area contributed by atoms with Gasteiger partial charge < -0.3 is 10.2 Å². The van der Waals surface area contributed by atoms with Gasteiger partial charge >= 0.3 is 0 Å². The standard InChI is InChI=1S/C19H21N3O5S/c1-13(17-9-6-15(23)12-18(17)24)20-21-19(25)14-4-7-16(8-5-14)28(26,27)22-10-2-3-11-22/h4-9,12,23-24H,2-3,10-11H2,1H3,(H,21,25)/b20-13+. The Morgan fingerprint density at radius 3 is 2.32 bits per heavy atom. The Balaban J connectivity index is 1.71. The molecule has 2 aromatic carbocycles. The van der Waals surface area contributed by atoms with Crippen molar-refractivity contribution in [2.75, 3.05) is 13.1 Å². The predicted molar refractivity (Wildman–Crippen MR) is 104 cm³/mol. The van der Waals surface area contributed by atoms with Crippen molar-refractivity contribution in [3.8, 4) is 11.5 Å².